The number of hydrogen-bond acceptors (Lipinski definition) is 6. The normalized spacial score (nSPS) is 11.9. The van der Waals surface area contributed by atoms with E-state index >= 15 is 0 Å². The van der Waals surface area contributed by atoms with E-state index in [1.54, 1.807) is 18.2 Å². The van der Waals surface area contributed by atoms with E-state index < -0.39 is 4.92 Å². The number of non-ortho nitro benzene ring substituents is 1. The summed E-state index contributed by atoms with van der Waals surface area (Å²) in [5.74, 6) is 0.622. The molecule has 0 aliphatic rings. The van der Waals surface area contributed by atoms with Crippen LogP contribution in [0.25, 0.3) is 5.69 Å². The van der Waals surface area contributed by atoms with Crippen molar-refractivity contribution < 1.29 is 9.66 Å². The van der Waals surface area contributed by atoms with Gasteiger partial charge in [0.2, 0.25) is 0 Å². The number of tetrazole rings is 1. The van der Waals surface area contributed by atoms with Crippen molar-refractivity contribution in [2.24, 2.45) is 0 Å². The molecule has 0 saturated carbocycles. The van der Waals surface area contributed by atoms with Crippen LogP contribution in [-0.2, 0) is 0 Å². The largest absolute Gasteiger partial charge is 0.486 e. The predicted molar refractivity (Wildman–Crippen MR) is 81.3 cm³/mol. The summed E-state index contributed by atoms with van der Waals surface area (Å²) in [6.07, 6.45) is 1.15. The van der Waals surface area contributed by atoms with Gasteiger partial charge in [-0.05, 0) is 35.0 Å². The molecule has 8 nitrogen and oxygen atoms in total. The van der Waals surface area contributed by atoms with Gasteiger partial charge in [0, 0.05) is 18.2 Å². The zero-order valence-electron chi connectivity index (χ0n) is 12.2. The molecular formula is C15H13N5O3. The topological polar surface area (TPSA) is 96.0 Å². The molecule has 23 heavy (non-hydrogen) atoms. The van der Waals surface area contributed by atoms with Crippen LogP contribution in [-0.4, -0.2) is 25.1 Å². The third-order valence-corrected chi connectivity index (χ3v) is 3.29. The highest BCUT2D eigenvalue weighted by Crippen LogP contribution is 2.25. The molecule has 0 saturated heterocycles. The maximum atomic E-state index is 10.9. The Morgan fingerprint density at radius 2 is 2.04 bits per heavy atom. The molecule has 3 rings (SSSR count). The second-order valence-corrected chi connectivity index (χ2v) is 4.86. The number of nitro benzene ring substituents is 1. The maximum absolute atomic E-state index is 10.9. The van der Waals surface area contributed by atoms with Gasteiger partial charge < -0.3 is 4.74 Å². The van der Waals surface area contributed by atoms with Gasteiger partial charge >= 0.3 is 0 Å². The minimum Gasteiger partial charge on any atom is -0.486 e. The molecule has 0 bridgehead atoms. The Morgan fingerprint density at radius 1 is 1.22 bits per heavy atom. The predicted octanol–water partition coefficient (Wildman–Crippen LogP) is 2.71. The first-order chi connectivity index (χ1) is 11.1. The van der Waals surface area contributed by atoms with Crippen molar-refractivity contribution in [1.82, 2.24) is 20.2 Å². The van der Waals surface area contributed by atoms with Gasteiger partial charge in [-0.15, -0.1) is 5.10 Å². The monoisotopic (exact) mass is 311 g/mol. The molecule has 0 N–H and O–H groups in total. The lowest BCUT2D eigenvalue weighted by Gasteiger charge is -2.15. The molecule has 1 atom stereocenters. The molecule has 116 valence electrons. The molecule has 0 spiro atoms. The molecular weight excluding hydrogens is 298 g/mol. The van der Waals surface area contributed by atoms with E-state index in [9.17, 15) is 10.1 Å². The number of ether oxygens (including phenoxy) is 1. The average molecular weight is 311 g/mol. The van der Waals surface area contributed by atoms with Gasteiger partial charge in [-0.25, -0.2) is 4.68 Å². The van der Waals surface area contributed by atoms with E-state index in [2.05, 4.69) is 15.5 Å². The molecule has 0 unspecified atom stereocenters. The van der Waals surface area contributed by atoms with E-state index in [-0.39, 0.29) is 11.8 Å². The lowest BCUT2D eigenvalue weighted by atomic mass is 10.1. The first-order valence-electron chi connectivity index (χ1n) is 6.88. The maximum Gasteiger partial charge on any atom is 0.269 e. The highest BCUT2D eigenvalue weighted by Gasteiger charge is 2.12. The second-order valence-electron chi connectivity index (χ2n) is 4.86. The molecule has 8 heteroatoms. The van der Waals surface area contributed by atoms with Crippen molar-refractivity contribution >= 4 is 5.69 Å². The second kappa shape index (κ2) is 6.22. The number of nitro groups is 1. The van der Waals surface area contributed by atoms with E-state index in [1.165, 1.54) is 23.1 Å². The number of benzene rings is 2. The quantitative estimate of drug-likeness (QED) is 0.531. The highest BCUT2D eigenvalue weighted by atomic mass is 16.6. The van der Waals surface area contributed by atoms with Gasteiger partial charge in [-0.2, -0.15) is 0 Å². The van der Waals surface area contributed by atoms with Crippen LogP contribution in [0.4, 0.5) is 5.69 Å². The molecule has 1 aromatic heterocycles. The summed E-state index contributed by atoms with van der Waals surface area (Å²) in [7, 11) is 0. The minimum atomic E-state index is -0.422. The SMILES string of the molecule is C[C@H](Oc1cccc(-n2cnnn2)c1)c1cccc([N+](=O)[O-])c1. The Hall–Kier alpha value is -3.29. The smallest absolute Gasteiger partial charge is 0.269 e. The third-order valence-electron chi connectivity index (χ3n) is 3.29. The summed E-state index contributed by atoms with van der Waals surface area (Å²) in [6, 6.07) is 13.7. The standard InChI is InChI=1S/C15H13N5O3/c1-11(12-4-2-6-14(8-12)20(21)22)23-15-7-3-5-13(9-15)19-10-16-17-18-19/h2-11H,1H3/t11-/m0/s1. The number of hydrogen-bond donors (Lipinski definition) is 0. The molecule has 0 amide bonds. The van der Waals surface area contributed by atoms with Crippen molar-refractivity contribution in [2.45, 2.75) is 13.0 Å². The van der Waals surface area contributed by atoms with Gasteiger partial charge in [-0.1, -0.05) is 18.2 Å². The Labute approximate surface area is 131 Å². The highest BCUT2D eigenvalue weighted by molar-refractivity contribution is 5.39. The zero-order chi connectivity index (χ0) is 16.2. The summed E-state index contributed by atoms with van der Waals surface area (Å²) in [5.41, 5.74) is 1.53. The Kier molecular flexibility index (Phi) is 3.96. The zero-order valence-corrected chi connectivity index (χ0v) is 12.2. The first kappa shape index (κ1) is 14.6. The van der Waals surface area contributed by atoms with E-state index in [0.29, 0.717) is 5.75 Å². The number of rotatable bonds is 5. The van der Waals surface area contributed by atoms with Crippen LogP contribution in [0.3, 0.4) is 0 Å². The van der Waals surface area contributed by atoms with Crippen molar-refractivity contribution in [3.05, 3.63) is 70.5 Å². The van der Waals surface area contributed by atoms with Gasteiger partial charge in [0.25, 0.3) is 5.69 Å². The third kappa shape index (κ3) is 3.31. The fraction of sp³-hybridized carbons (Fsp3) is 0.133. The summed E-state index contributed by atoms with van der Waals surface area (Å²) in [4.78, 5) is 10.4. The average Bonchev–Trinajstić information content (AvgIpc) is 3.10. The van der Waals surface area contributed by atoms with Crippen molar-refractivity contribution in [3.63, 3.8) is 0 Å². The van der Waals surface area contributed by atoms with Crippen LogP contribution in [0.2, 0.25) is 0 Å². The molecule has 0 radical (unpaired) electrons. The van der Waals surface area contributed by atoms with Crippen LogP contribution in [0, 0.1) is 10.1 Å². The van der Waals surface area contributed by atoms with Crippen molar-refractivity contribution in [1.29, 1.82) is 0 Å². The molecule has 3 aromatic rings. The lowest BCUT2D eigenvalue weighted by Crippen LogP contribution is -2.04. The fourth-order valence-corrected chi connectivity index (χ4v) is 2.14. The number of nitrogens with zero attached hydrogens (tertiary/aromatic N) is 5. The Bertz CT molecular complexity index is 819. The van der Waals surface area contributed by atoms with Gasteiger partial charge in [0.05, 0.1) is 10.6 Å². The van der Waals surface area contributed by atoms with E-state index in [0.717, 1.165) is 11.3 Å². The Balaban J connectivity index is 1.80. The summed E-state index contributed by atoms with van der Waals surface area (Å²) < 4.78 is 7.39. The fourth-order valence-electron chi connectivity index (χ4n) is 2.14. The van der Waals surface area contributed by atoms with Gasteiger partial charge in [0.15, 0.2) is 0 Å². The van der Waals surface area contributed by atoms with Crippen LogP contribution >= 0.6 is 0 Å². The van der Waals surface area contributed by atoms with Crippen molar-refractivity contribution in [2.75, 3.05) is 0 Å². The number of aromatic nitrogens is 4. The Morgan fingerprint density at radius 3 is 2.78 bits per heavy atom. The van der Waals surface area contributed by atoms with E-state index in [4.69, 9.17) is 4.74 Å². The summed E-state index contributed by atoms with van der Waals surface area (Å²) in [5, 5.41) is 21.9. The molecule has 0 aliphatic carbocycles. The van der Waals surface area contributed by atoms with Crippen LogP contribution in [0.5, 0.6) is 5.75 Å². The molecule has 0 fully saturated rings. The van der Waals surface area contributed by atoms with Crippen LogP contribution in [0.15, 0.2) is 54.9 Å². The van der Waals surface area contributed by atoms with Crippen LogP contribution < -0.4 is 4.74 Å². The lowest BCUT2D eigenvalue weighted by molar-refractivity contribution is -0.385. The van der Waals surface area contributed by atoms with Crippen molar-refractivity contribution in [3.8, 4) is 11.4 Å². The van der Waals surface area contributed by atoms with E-state index in [1.807, 2.05) is 25.1 Å². The molecule has 0 aliphatic heterocycles. The van der Waals surface area contributed by atoms with Gasteiger partial charge in [0.1, 0.15) is 18.2 Å². The molecule has 2 aromatic carbocycles. The first-order valence-corrected chi connectivity index (χ1v) is 6.88. The van der Waals surface area contributed by atoms with Gasteiger partial charge in [-0.3, -0.25) is 10.1 Å². The van der Waals surface area contributed by atoms with Crippen LogP contribution in [0.1, 0.15) is 18.6 Å². The minimum absolute atomic E-state index is 0.0420. The molecule has 1 heterocycles. The summed E-state index contributed by atoms with van der Waals surface area (Å²) in [6.45, 7) is 1.84. The summed E-state index contributed by atoms with van der Waals surface area (Å²) >= 11 is 0.